The van der Waals surface area contributed by atoms with Gasteiger partial charge >= 0.3 is 0 Å². The largest absolute Gasteiger partial charge is 0.330 e. The van der Waals surface area contributed by atoms with Crippen LogP contribution < -0.4 is 10.5 Å². The van der Waals surface area contributed by atoms with E-state index in [2.05, 4.69) is 4.72 Å². The van der Waals surface area contributed by atoms with Crippen molar-refractivity contribution in [3.8, 4) is 0 Å². The number of rotatable bonds is 8. The summed E-state index contributed by atoms with van der Waals surface area (Å²) in [6, 6.07) is 9.58. The third-order valence-corrected chi connectivity index (χ3v) is 4.23. The van der Waals surface area contributed by atoms with Crippen molar-refractivity contribution in [3.05, 3.63) is 35.9 Å². The highest BCUT2D eigenvalue weighted by Gasteiger charge is 2.13. The highest BCUT2D eigenvalue weighted by Crippen LogP contribution is 2.03. The summed E-state index contributed by atoms with van der Waals surface area (Å²) in [5.74, 6) is 0.129. The molecular formula is C13H22N2O2S. The number of aryl methyl sites for hydroxylation is 1. The van der Waals surface area contributed by atoms with Gasteiger partial charge in [-0.15, -0.1) is 0 Å². The Bertz CT molecular complexity index is 432. The van der Waals surface area contributed by atoms with Gasteiger partial charge in [-0.1, -0.05) is 30.3 Å². The van der Waals surface area contributed by atoms with Crippen LogP contribution in [0.4, 0.5) is 0 Å². The van der Waals surface area contributed by atoms with E-state index in [9.17, 15) is 8.42 Å². The number of hydrogen-bond donors (Lipinski definition) is 2. The van der Waals surface area contributed by atoms with Gasteiger partial charge < -0.3 is 5.73 Å². The second-order valence-electron chi connectivity index (χ2n) is 4.50. The van der Waals surface area contributed by atoms with Gasteiger partial charge in [-0.3, -0.25) is 0 Å². The van der Waals surface area contributed by atoms with Crippen molar-refractivity contribution >= 4 is 10.0 Å². The van der Waals surface area contributed by atoms with Gasteiger partial charge in [-0.25, -0.2) is 13.1 Å². The molecule has 0 aliphatic carbocycles. The number of hydrogen-bond acceptors (Lipinski definition) is 3. The second kappa shape index (κ2) is 7.51. The molecule has 0 bridgehead atoms. The Morgan fingerprint density at radius 2 is 1.94 bits per heavy atom. The van der Waals surface area contributed by atoms with Crippen molar-refractivity contribution in [1.29, 1.82) is 0 Å². The predicted octanol–water partition coefficient (Wildman–Crippen LogP) is 1.28. The fourth-order valence-corrected chi connectivity index (χ4v) is 3.10. The number of benzene rings is 1. The summed E-state index contributed by atoms with van der Waals surface area (Å²) in [6.45, 7) is 2.46. The van der Waals surface area contributed by atoms with Crippen molar-refractivity contribution in [2.45, 2.75) is 32.2 Å². The quantitative estimate of drug-likeness (QED) is 0.747. The minimum atomic E-state index is -3.20. The molecule has 1 atom stereocenters. The lowest BCUT2D eigenvalue weighted by Crippen LogP contribution is -2.35. The second-order valence-corrected chi connectivity index (χ2v) is 6.38. The molecule has 4 nitrogen and oxygen atoms in total. The van der Waals surface area contributed by atoms with Crippen molar-refractivity contribution in [2.75, 3.05) is 12.3 Å². The standard InChI is InChI=1S/C13H22N2O2S/c1-12(6-5-10-14)15-18(16,17)11-9-13-7-3-2-4-8-13/h2-4,7-8,12,15H,5-6,9-11,14H2,1H3. The molecule has 0 saturated heterocycles. The van der Waals surface area contributed by atoms with Gasteiger partial charge in [0, 0.05) is 6.04 Å². The molecule has 0 saturated carbocycles. The molecule has 1 aromatic carbocycles. The van der Waals surface area contributed by atoms with E-state index in [4.69, 9.17) is 5.73 Å². The van der Waals surface area contributed by atoms with E-state index in [0.29, 0.717) is 13.0 Å². The molecule has 1 aromatic rings. The molecule has 5 heteroatoms. The van der Waals surface area contributed by atoms with E-state index in [1.165, 1.54) is 0 Å². The molecule has 1 unspecified atom stereocenters. The number of sulfonamides is 1. The highest BCUT2D eigenvalue weighted by molar-refractivity contribution is 7.89. The maximum absolute atomic E-state index is 11.8. The fourth-order valence-electron chi connectivity index (χ4n) is 1.75. The van der Waals surface area contributed by atoms with Crippen molar-refractivity contribution in [3.63, 3.8) is 0 Å². The molecule has 18 heavy (non-hydrogen) atoms. The maximum Gasteiger partial charge on any atom is 0.212 e. The van der Waals surface area contributed by atoms with E-state index in [1.807, 2.05) is 37.3 Å². The summed E-state index contributed by atoms with van der Waals surface area (Å²) in [6.07, 6.45) is 2.16. The zero-order valence-electron chi connectivity index (χ0n) is 10.8. The number of nitrogens with one attached hydrogen (secondary N) is 1. The van der Waals surface area contributed by atoms with E-state index in [0.717, 1.165) is 18.4 Å². The third-order valence-electron chi connectivity index (χ3n) is 2.72. The van der Waals surface area contributed by atoms with Crippen LogP contribution in [0.25, 0.3) is 0 Å². The van der Waals surface area contributed by atoms with Crippen LogP contribution >= 0.6 is 0 Å². The molecule has 1 rings (SSSR count). The average molecular weight is 270 g/mol. The van der Waals surface area contributed by atoms with Crippen LogP contribution in [-0.2, 0) is 16.4 Å². The molecule has 0 aliphatic heterocycles. The van der Waals surface area contributed by atoms with Gasteiger partial charge in [0.25, 0.3) is 0 Å². The van der Waals surface area contributed by atoms with E-state index < -0.39 is 10.0 Å². The Hall–Kier alpha value is -0.910. The van der Waals surface area contributed by atoms with Crippen LogP contribution in [0.5, 0.6) is 0 Å². The summed E-state index contributed by atoms with van der Waals surface area (Å²) >= 11 is 0. The average Bonchev–Trinajstić information content (AvgIpc) is 2.35. The lowest BCUT2D eigenvalue weighted by molar-refractivity contribution is 0.538. The normalized spacial score (nSPS) is 13.4. The summed E-state index contributed by atoms with van der Waals surface area (Å²) in [5, 5.41) is 0. The van der Waals surface area contributed by atoms with Crippen LogP contribution in [0.2, 0.25) is 0 Å². The molecule has 0 aromatic heterocycles. The molecule has 0 amide bonds. The Morgan fingerprint density at radius 3 is 2.56 bits per heavy atom. The monoisotopic (exact) mass is 270 g/mol. The first-order valence-electron chi connectivity index (χ1n) is 6.27. The molecular weight excluding hydrogens is 248 g/mol. The van der Waals surface area contributed by atoms with Gasteiger partial charge in [0.05, 0.1) is 5.75 Å². The summed E-state index contributed by atoms with van der Waals surface area (Å²) in [7, 11) is -3.20. The summed E-state index contributed by atoms with van der Waals surface area (Å²) in [5.41, 5.74) is 6.44. The van der Waals surface area contributed by atoms with Crippen LogP contribution in [0, 0.1) is 0 Å². The first-order valence-corrected chi connectivity index (χ1v) is 7.93. The predicted molar refractivity (Wildman–Crippen MR) is 74.8 cm³/mol. The van der Waals surface area contributed by atoms with Gasteiger partial charge in [-0.2, -0.15) is 0 Å². The maximum atomic E-state index is 11.8. The smallest absolute Gasteiger partial charge is 0.212 e. The topological polar surface area (TPSA) is 72.2 Å². The molecule has 0 fully saturated rings. The molecule has 102 valence electrons. The van der Waals surface area contributed by atoms with E-state index >= 15 is 0 Å². The van der Waals surface area contributed by atoms with Crippen molar-refractivity contribution in [1.82, 2.24) is 4.72 Å². The lowest BCUT2D eigenvalue weighted by atomic mass is 10.2. The number of nitrogens with two attached hydrogens (primary N) is 1. The van der Waals surface area contributed by atoms with Crippen LogP contribution in [0.1, 0.15) is 25.3 Å². The lowest BCUT2D eigenvalue weighted by Gasteiger charge is -2.13. The van der Waals surface area contributed by atoms with Crippen molar-refractivity contribution in [2.24, 2.45) is 5.73 Å². The third kappa shape index (κ3) is 6.14. The van der Waals surface area contributed by atoms with Gasteiger partial charge in [0.15, 0.2) is 0 Å². The minimum Gasteiger partial charge on any atom is -0.330 e. The molecule has 0 heterocycles. The highest BCUT2D eigenvalue weighted by atomic mass is 32.2. The molecule has 0 radical (unpaired) electrons. The molecule has 0 aliphatic rings. The van der Waals surface area contributed by atoms with Gasteiger partial charge in [-0.05, 0) is 38.3 Å². The Labute approximate surface area is 110 Å². The SMILES string of the molecule is CC(CCCN)NS(=O)(=O)CCc1ccccc1. The Kier molecular flexibility index (Phi) is 6.32. The van der Waals surface area contributed by atoms with Crippen LogP contribution in [-0.4, -0.2) is 26.8 Å². The van der Waals surface area contributed by atoms with Gasteiger partial charge in [0.1, 0.15) is 0 Å². The van der Waals surface area contributed by atoms with Crippen molar-refractivity contribution < 1.29 is 8.42 Å². The molecule has 0 spiro atoms. The van der Waals surface area contributed by atoms with E-state index in [-0.39, 0.29) is 11.8 Å². The first kappa shape index (κ1) is 15.1. The van der Waals surface area contributed by atoms with Gasteiger partial charge in [0.2, 0.25) is 10.0 Å². The van der Waals surface area contributed by atoms with Crippen LogP contribution in [0.3, 0.4) is 0 Å². The Morgan fingerprint density at radius 1 is 1.28 bits per heavy atom. The first-order chi connectivity index (χ1) is 8.53. The zero-order chi connectivity index (χ0) is 13.4. The summed E-state index contributed by atoms with van der Waals surface area (Å²) in [4.78, 5) is 0. The molecule has 3 N–H and O–H groups in total. The summed E-state index contributed by atoms with van der Waals surface area (Å²) < 4.78 is 26.3. The zero-order valence-corrected chi connectivity index (χ0v) is 11.6. The van der Waals surface area contributed by atoms with Crippen LogP contribution in [0.15, 0.2) is 30.3 Å². The minimum absolute atomic E-state index is 0.0469. The fraction of sp³-hybridized carbons (Fsp3) is 0.538. The Balaban J connectivity index is 2.40. The van der Waals surface area contributed by atoms with E-state index in [1.54, 1.807) is 0 Å².